The summed E-state index contributed by atoms with van der Waals surface area (Å²) in [6.07, 6.45) is 4.34. The van der Waals surface area contributed by atoms with Gasteiger partial charge in [-0.2, -0.15) is 0 Å². The molecule has 0 aliphatic heterocycles. The van der Waals surface area contributed by atoms with Gasteiger partial charge in [-0.05, 0) is 19.8 Å². The summed E-state index contributed by atoms with van der Waals surface area (Å²) in [5.74, 6) is -0.712. The number of esters is 1. The molecule has 5 heteroatoms. The Bertz CT molecular complexity index is 262. The van der Waals surface area contributed by atoms with Gasteiger partial charge >= 0.3 is 5.97 Å². The Kier molecular flexibility index (Phi) is 4.73. The molecule has 1 atom stereocenters. The van der Waals surface area contributed by atoms with Crippen LogP contribution < -0.4 is 5.73 Å². The van der Waals surface area contributed by atoms with Crippen LogP contribution in [0.2, 0.25) is 0 Å². The number of primary amides is 1. The zero-order chi connectivity index (χ0) is 12.1. The van der Waals surface area contributed by atoms with Gasteiger partial charge in [-0.25, -0.2) is 0 Å². The van der Waals surface area contributed by atoms with E-state index < -0.39 is 11.9 Å². The monoisotopic (exact) mass is 228 g/mol. The lowest BCUT2D eigenvalue weighted by Gasteiger charge is -2.31. The van der Waals surface area contributed by atoms with Crippen LogP contribution in [0, 0.1) is 0 Å². The molecule has 0 aromatic heterocycles. The molecule has 1 amide bonds. The maximum absolute atomic E-state index is 11.3. The number of carbonyl (C=O) groups is 2. The zero-order valence-corrected chi connectivity index (χ0v) is 9.94. The van der Waals surface area contributed by atoms with E-state index in [9.17, 15) is 9.59 Å². The van der Waals surface area contributed by atoms with Crippen LogP contribution in [0.4, 0.5) is 0 Å². The van der Waals surface area contributed by atoms with E-state index in [-0.39, 0.29) is 18.6 Å². The fraction of sp³-hybridized carbons (Fsp3) is 0.818. The molecule has 1 aliphatic carbocycles. The minimum Gasteiger partial charge on any atom is -0.468 e. The maximum atomic E-state index is 11.3. The van der Waals surface area contributed by atoms with E-state index in [4.69, 9.17) is 5.73 Å². The lowest BCUT2D eigenvalue weighted by molar-refractivity contribution is -0.144. The quantitative estimate of drug-likeness (QED) is 0.686. The largest absolute Gasteiger partial charge is 0.468 e. The highest BCUT2D eigenvalue weighted by Crippen LogP contribution is 2.24. The average molecular weight is 228 g/mol. The first kappa shape index (κ1) is 13.0. The van der Waals surface area contributed by atoms with E-state index in [2.05, 4.69) is 4.74 Å². The number of ether oxygens (including phenoxy) is 1. The number of rotatable bonds is 5. The Balaban J connectivity index is 2.67. The Morgan fingerprint density at radius 3 is 2.44 bits per heavy atom. The summed E-state index contributed by atoms with van der Waals surface area (Å²) in [5.41, 5.74) is 5.29. The van der Waals surface area contributed by atoms with Crippen molar-refractivity contribution in [1.82, 2.24) is 4.90 Å². The highest BCUT2D eigenvalue weighted by Gasteiger charge is 2.30. The van der Waals surface area contributed by atoms with Crippen molar-refractivity contribution >= 4 is 11.9 Å². The van der Waals surface area contributed by atoms with Crippen molar-refractivity contribution in [3.05, 3.63) is 0 Å². The van der Waals surface area contributed by atoms with Crippen LogP contribution in [0.15, 0.2) is 0 Å². The molecule has 1 saturated carbocycles. The molecule has 2 N–H and O–H groups in total. The number of nitrogens with zero attached hydrogens (tertiary/aromatic N) is 1. The molecular weight excluding hydrogens is 208 g/mol. The first-order valence-corrected chi connectivity index (χ1v) is 5.68. The fourth-order valence-corrected chi connectivity index (χ4v) is 2.20. The molecule has 0 spiro atoms. The third kappa shape index (κ3) is 3.20. The molecule has 92 valence electrons. The van der Waals surface area contributed by atoms with Crippen LogP contribution in [-0.2, 0) is 14.3 Å². The van der Waals surface area contributed by atoms with E-state index in [1.165, 1.54) is 7.11 Å². The molecule has 0 aromatic carbocycles. The van der Waals surface area contributed by atoms with Crippen LogP contribution >= 0.6 is 0 Å². The van der Waals surface area contributed by atoms with Crippen LogP contribution in [-0.4, -0.2) is 42.5 Å². The average Bonchev–Trinajstić information content (AvgIpc) is 2.77. The van der Waals surface area contributed by atoms with Gasteiger partial charge < -0.3 is 10.5 Å². The van der Waals surface area contributed by atoms with Crippen LogP contribution in [0.25, 0.3) is 0 Å². The maximum Gasteiger partial charge on any atom is 0.319 e. The van der Waals surface area contributed by atoms with Crippen LogP contribution in [0.3, 0.4) is 0 Å². The van der Waals surface area contributed by atoms with Gasteiger partial charge in [0.05, 0.1) is 19.7 Å². The SMILES string of the molecule is COC(=O)CN(C1CCCC1)C(C)C(N)=O. The highest BCUT2D eigenvalue weighted by molar-refractivity contribution is 5.80. The third-order valence-corrected chi connectivity index (χ3v) is 3.24. The van der Waals surface area contributed by atoms with Gasteiger partial charge in [-0.1, -0.05) is 12.8 Å². The predicted octanol–water partition coefficient (Wildman–Crippen LogP) is 0.278. The number of hydrogen-bond acceptors (Lipinski definition) is 4. The summed E-state index contributed by atoms with van der Waals surface area (Å²) in [5, 5.41) is 0. The second-order valence-electron chi connectivity index (χ2n) is 4.27. The van der Waals surface area contributed by atoms with Crippen molar-refractivity contribution in [2.45, 2.75) is 44.7 Å². The van der Waals surface area contributed by atoms with Crippen molar-refractivity contribution in [3.63, 3.8) is 0 Å². The molecule has 0 heterocycles. The number of carbonyl (C=O) groups excluding carboxylic acids is 2. The van der Waals surface area contributed by atoms with Gasteiger partial charge in [-0.3, -0.25) is 14.5 Å². The Morgan fingerprint density at radius 2 is 2.00 bits per heavy atom. The van der Waals surface area contributed by atoms with Gasteiger partial charge in [-0.15, -0.1) is 0 Å². The summed E-state index contributed by atoms with van der Waals surface area (Å²) >= 11 is 0. The first-order valence-electron chi connectivity index (χ1n) is 5.68. The zero-order valence-electron chi connectivity index (χ0n) is 9.94. The van der Waals surface area contributed by atoms with E-state index in [1.807, 2.05) is 4.90 Å². The molecule has 0 aromatic rings. The summed E-state index contributed by atoms with van der Waals surface area (Å²) < 4.78 is 4.64. The van der Waals surface area contributed by atoms with E-state index in [0.29, 0.717) is 0 Å². The molecule has 0 radical (unpaired) electrons. The molecule has 16 heavy (non-hydrogen) atoms. The molecule has 5 nitrogen and oxygen atoms in total. The molecule has 1 fully saturated rings. The van der Waals surface area contributed by atoms with Crippen molar-refractivity contribution in [2.24, 2.45) is 5.73 Å². The Morgan fingerprint density at radius 1 is 1.44 bits per heavy atom. The summed E-state index contributed by atoms with van der Waals surface area (Å²) in [4.78, 5) is 24.3. The topological polar surface area (TPSA) is 72.6 Å². The number of nitrogens with two attached hydrogens (primary N) is 1. The van der Waals surface area contributed by atoms with E-state index in [0.717, 1.165) is 25.7 Å². The highest BCUT2D eigenvalue weighted by atomic mass is 16.5. The second kappa shape index (κ2) is 5.84. The summed E-state index contributed by atoms with van der Waals surface area (Å²) in [6.45, 7) is 1.88. The lowest BCUT2D eigenvalue weighted by Crippen LogP contribution is -2.49. The Hall–Kier alpha value is -1.10. The van der Waals surface area contributed by atoms with E-state index >= 15 is 0 Å². The van der Waals surface area contributed by atoms with Gasteiger partial charge in [0.2, 0.25) is 5.91 Å². The summed E-state index contributed by atoms with van der Waals surface area (Å²) in [7, 11) is 1.35. The Labute approximate surface area is 95.9 Å². The minimum atomic E-state index is -0.415. The standard InChI is InChI=1S/C11H20N2O3/c1-8(11(12)15)13(7-10(14)16-2)9-5-3-4-6-9/h8-9H,3-7H2,1-2H3,(H2,12,15). The molecule has 0 saturated heterocycles. The number of amides is 1. The van der Waals surface area contributed by atoms with E-state index in [1.54, 1.807) is 6.92 Å². The normalized spacial score (nSPS) is 18.7. The fourth-order valence-electron chi connectivity index (χ4n) is 2.20. The number of hydrogen-bond donors (Lipinski definition) is 1. The van der Waals surface area contributed by atoms with Gasteiger partial charge in [0.25, 0.3) is 0 Å². The summed E-state index contributed by atoms with van der Waals surface area (Å²) in [6, 6.07) is -0.135. The lowest BCUT2D eigenvalue weighted by atomic mass is 10.1. The predicted molar refractivity (Wildman–Crippen MR) is 59.6 cm³/mol. The van der Waals surface area contributed by atoms with Gasteiger partial charge in [0.1, 0.15) is 0 Å². The van der Waals surface area contributed by atoms with Gasteiger partial charge in [0, 0.05) is 6.04 Å². The minimum absolute atomic E-state index is 0.144. The van der Waals surface area contributed by atoms with Crippen molar-refractivity contribution in [3.8, 4) is 0 Å². The second-order valence-corrected chi connectivity index (χ2v) is 4.27. The van der Waals surface area contributed by atoms with Crippen LogP contribution in [0.5, 0.6) is 0 Å². The molecule has 1 unspecified atom stereocenters. The van der Waals surface area contributed by atoms with Crippen molar-refractivity contribution in [1.29, 1.82) is 0 Å². The number of methoxy groups -OCH3 is 1. The van der Waals surface area contributed by atoms with Crippen LogP contribution in [0.1, 0.15) is 32.6 Å². The molecule has 1 aliphatic rings. The van der Waals surface area contributed by atoms with Gasteiger partial charge in [0.15, 0.2) is 0 Å². The van der Waals surface area contributed by atoms with Crippen molar-refractivity contribution in [2.75, 3.05) is 13.7 Å². The first-order chi connectivity index (χ1) is 7.56. The van der Waals surface area contributed by atoms with Crippen molar-refractivity contribution < 1.29 is 14.3 Å². The third-order valence-electron chi connectivity index (χ3n) is 3.24. The molecule has 0 bridgehead atoms. The molecule has 1 rings (SSSR count). The molecular formula is C11H20N2O3. The smallest absolute Gasteiger partial charge is 0.319 e.